The van der Waals surface area contributed by atoms with Crippen LogP contribution >= 0.6 is 0 Å². The third-order valence-electron chi connectivity index (χ3n) is 1.77. The molecular weight excluding hydrogens is 196 g/mol. The molecule has 5 heteroatoms. The Balaban J connectivity index is 3.05. The number of nitrogens with zero attached hydrogens (tertiary/aromatic N) is 2. The van der Waals surface area contributed by atoms with Gasteiger partial charge in [-0.05, 0) is 5.92 Å². The van der Waals surface area contributed by atoms with Crippen molar-refractivity contribution < 1.29 is 14.6 Å². The standard InChI is InChI=1S/C10H14N2O3/c1-6(2)4-8-11-7(10(13)14)5-9(12-8)15-3/h5-6H,4H2,1-3H3,(H,13,14). The summed E-state index contributed by atoms with van der Waals surface area (Å²) in [6.45, 7) is 4.03. The predicted octanol–water partition coefficient (Wildman–Crippen LogP) is 1.38. The summed E-state index contributed by atoms with van der Waals surface area (Å²) in [5, 5.41) is 8.82. The smallest absolute Gasteiger partial charge is 0.354 e. The zero-order chi connectivity index (χ0) is 11.4. The van der Waals surface area contributed by atoms with Gasteiger partial charge in [0.2, 0.25) is 5.88 Å². The Morgan fingerprint density at radius 1 is 1.53 bits per heavy atom. The van der Waals surface area contributed by atoms with E-state index < -0.39 is 5.97 Å². The fourth-order valence-corrected chi connectivity index (χ4v) is 1.14. The molecule has 82 valence electrons. The van der Waals surface area contributed by atoms with Gasteiger partial charge in [0, 0.05) is 12.5 Å². The normalized spacial score (nSPS) is 10.4. The van der Waals surface area contributed by atoms with Crippen molar-refractivity contribution in [3.05, 3.63) is 17.6 Å². The highest BCUT2D eigenvalue weighted by molar-refractivity contribution is 5.85. The average molecular weight is 210 g/mol. The number of carboxylic acid groups (broad SMARTS) is 1. The molecule has 0 saturated heterocycles. The van der Waals surface area contributed by atoms with E-state index in [1.807, 2.05) is 13.8 Å². The van der Waals surface area contributed by atoms with Crippen LogP contribution in [0.3, 0.4) is 0 Å². The summed E-state index contributed by atoms with van der Waals surface area (Å²) in [6.07, 6.45) is 0.636. The van der Waals surface area contributed by atoms with Gasteiger partial charge in [0.15, 0.2) is 5.69 Å². The summed E-state index contributed by atoms with van der Waals surface area (Å²) in [5.74, 6) is 0.0965. The molecule has 1 rings (SSSR count). The van der Waals surface area contributed by atoms with Crippen LogP contribution in [-0.2, 0) is 6.42 Å². The van der Waals surface area contributed by atoms with Gasteiger partial charge in [-0.3, -0.25) is 0 Å². The molecule has 0 aromatic carbocycles. The first-order valence-electron chi connectivity index (χ1n) is 4.68. The molecule has 1 heterocycles. The summed E-state index contributed by atoms with van der Waals surface area (Å²) in [5.41, 5.74) is -0.0301. The molecule has 0 aliphatic carbocycles. The summed E-state index contributed by atoms with van der Waals surface area (Å²) in [6, 6.07) is 1.31. The lowest BCUT2D eigenvalue weighted by atomic mass is 10.1. The minimum atomic E-state index is -1.07. The zero-order valence-electron chi connectivity index (χ0n) is 9.02. The van der Waals surface area contributed by atoms with Crippen LogP contribution in [0.1, 0.15) is 30.2 Å². The van der Waals surface area contributed by atoms with Crippen LogP contribution in [0.5, 0.6) is 5.88 Å². The molecule has 1 aromatic rings. The van der Waals surface area contributed by atoms with E-state index in [-0.39, 0.29) is 11.6 Å². The van der Waals surface area contributed by atoms with Crippen molar-refractivity contribution in [2.24, 2.45) is 5.92 Å². The van der Waals surface area contributed by atoms with Gasteiger partial charge in [-0.2, -0.15) is 4.98 Å². The molecule has 1 N–H and O–H groups in total. The number of rotatable bonds is 4. The van der Waals surface area contributed by atoms with Crippen LogP contribution in [0.15, 0.2) is 6.07 Å². The summed E-state index contributed by atoms with van der Waals surface area (Å²) >= 11 is 0. The molecular formula is C10H14N2O3. The van der Waals surface area contributed by atoms with Crippen LogP contribution in [0.2, 0.25) is 0 Å². The van der Waals surface area contributed by atoms with Gasteiger partial charge in [0.25, 0.3) is 0 Å². The van der Waals surface area contributed by atoms with Crippen molar-refractivity contribution in [3.8, 4) is 5.88 Å². The number of aromatic carboxylic acids is 1. The van der Waals surface area contributed by atoms with E-state index in [9.17, 15) is 4.79 Å². The number of hydrogen-bond donors (Lipinski definition) is 1. The quantitative estimate of drug-likeness (QED) is 0.812. The number of ether oxygens (including phenoxy) is 1. The van der Waals surface area contributed by atoms with E-state index in [0.717, 1.165) is 0 Å². The van der Waals surface area contributed by atoms with Gasteiger partial charge in [-0.15, -0.1) is 0 Å². The van der Waals surface area contributed by atoms with Crippen LogP contribution in [0.4, 0.5) is 0 Å². The first-order valence-corrected chi connectivity index (χ1v) is 4.68. The van der Waals surface area contributed by atoms with Crippen molar-refractivity contribution in [2.75, 3.05) is 7.11 Å². The Morgan fingerprint density at radius 3 is 2.67 bits per heavy atom. The molecule has 0 radical (unpaired) electrons. The van der Waals surface area contributed by atoms with Gasteiger partial charge in [0.1, 0.15) is 5.82 Å². The monoisotopic (exact) mass is 210 g/mol. The SMILES string of the molecule is COc1cc(C(=O)O)nc(CC(C)C)n1. The van der Waals surface area contributed by atoms with Crippen LogP contribution in [0.25, 0.3) is 0 Å². The van der Waals surface area contributed by atoms with Gasteiger partial charge < -0.3 is 9.84 Å². The maximum absolute atomic E-state index is 10.8. The lowest BCUT2D eigenvalue weighted by Crippen LogP contribution is -2.08. The summed E-state index contributed by atoms with van der Waals surface area (Å²) in [4.78, 5) is 18.8. The number of carbonyl (C=O) groups is 1. The van der Waals surface area contributed by atoms with Crippen molar-refractivity contribution >= 4 is 5.97 Å². The van der Waals surface area contributed by atoms with Crippen LogP contribution in [-0.4, -0.2) is 28.2 Å². The minimum absolute atomic E-state index is 0.0301. The van der Waals surface area contributed by atoms with Crippen molar-refractivity contribution in [3.63, 3.8) is 0 Å². The number of aromatic nitrogens is 2. The van der Waals surface area contributed by atoms with E-state index in [2.05, 4.69) is 9.97 Å². The Bertz CT molecular complexity index is 364. The Morgan fingerprint density at radius 2 is 2.20 bits per heavy atom. The van der Waals surface area contributed by atoms with Gasteiger partial charge in [-0.1, -0.05) is 13.8 Å². The maximum atomic E-state index is 10.8. The highest BCUT2D eigenvalue weighted by atomic mass is 16.5. The number of carboxylic acids is 1. The van der Waals surface area contributed by atoms with Crippen LogP contribution in [0, 0.1) is 5.92 Å². The highest BCUT2D eigenvalue weighted by Gasteiger charge is 2.11. The molecule has 0 amide bonds. The zero-order valence-corrected chi connectivity index (χ0v) is 9.02. The Hall–Kier alpha value is -1.65. The first-order chi connectivity index (χ1) is 7.02. The molecule has 0 unspecified atom stereocenters. The van der Waals surface area contributed by atoms with Gasteiger partial charge in [-0.25, -0.2) is 9.78 Å². The largest absolute Gasteiger partial charge is 0.481 e. The second-order valence-electron chi connectivity index (χ2n) is 3.61. The molecule has 0 bridgehead atoms. The fraction of sp³-hybridized carbons (Fsp3) is 0.500. The fourth-order valence-electron chi connectivity index (χ4n) is 1.14. The molecule has 0 aliphatic rings. The van der Waals surface area contributed by atoms with Crippen molar-refractivity contribution in [1.29, 1.82) is 0 Å². The number of methoxy groups -OCH3 is 1. The molecule has 0 aliphatic heterocycles. The Kier molecular flexibility index (Phi) is 3.60. The maximum Gasteiger partial charge on any atom is 0.354 e. The van der Waals surface area contributed by atoms with E-state index in [1.165, 1.54) is 13.2 Å². The van der Waals surface area contributed by atoms with Crippen LogP contribution < -0.4 is 4.74 Å². The average Bonchev–Trinajstić information content (AvgIpc) is 2.16. The van der Waals surface area contributed by atoms with E-state index >= 15 is 0 Å². The topological polar surface area (TPSA) is 72.3 Å². The van der Waals surface area contributed by atoms with E-state index in [0.29, 0.717) is 18.2 Å². The third-order valence-corrected chi connectivity index (χ3v) is 1.77. The molecule has 0 saturated carbocycles. The van der Waals surface area contributed by atoms with Gasteiger partial charge in [0.05, 0.1) is 7.11 Å². The Labute approximate surface area is 88.1 Å². The number of hydrogen-bond acceptors (Lipinski definition) is 4. The third kappa shape index (κ3) is 3.19. The minimum Gasteiger partial charge on any atom is -0.481 e. The highest BCUT2D eigenvalue weighted by Crippen LogP contribution is 2.11. The molecule has 0 atom stereocenters. The van der Waals surface area contributed by atoms with Crippen molar-refractivity contribution in [2.45, 2.75) is 20.3 Å². The van der Waals surface area contributed by atoms with Crippen molar-refractivity contribution in [1.82, 2.24) is 9.97 Å². The molecule has 5 nitrogen and oxygen atoms in total. The first kappa shape index (κ1) is 11.4. The van der Waals surface area contributed by atoms with Gasteiger partial charge >= 0.3 is 5.97 Å². The molecule has 1 aromatic heterocycles. The van der Waals surface area contributed by atoms with E-state index in [1.54, 1.807) is 0 Å². The summed E-state index contributed by atoms with van der Waals surface area (Å²) < 4.78 is 4.91. The summed E-state index contributed by atoms with van der Waals surface area (Å²) in [7, 11) is 1.45. The van der Waals surface area contributed by atoms with E-state index in [4.69, 9.17) is 9.84 Å². The second-order valence-corrected chi connectivity index (χ2v) is 3.61. The predicted molar refractivity (Wildman–Crippen MR) is 54.1 cm³/mol. The lowest BCUT2D eigenvalue weighted by molar-refractivity contribution is 0.0689. The molecule has 0 spiro atoms. The second kappa shape index (κ2) is 4.72. The molecule has 15 heavy (non-hydrogen) atoms. The molecule has 0 fully saturated rings. The lowest BCUT2D eigenvalue weighted by Gasteiger charge is -2.06.